The van der Waals surface area contributed by atoms with Crippen LogP contribution in [-0.4, -0.2) is 35.4 Å². The highest BCUT2D eigenvalue weighted by Crippen LogP contribution is 2.20. The Balaban J connectivity index is 3.02. The Hall–Kier alpha value is -1.26. The van der Waals surface area contributed by atoms with Crippen molar-refractivity contribution in [3.05, 3.63) is 23.8 Å². The molecule has 108 valence electrons. The zero-order valence-electron chi connectivity index (χ0n) is 9.85. The predicted octanol–water partition coefficient (Wildman–Crippen LogP) is -0.130. The fourth-order valence-electron chi connectivity index (χ4n) is 1.22. The second-order valence-corrected chi connectivity index (χ2v) is 7.84. The van der Waals surface area contributed by atoms with Gasteiger partial charge in [0.15, 0.2) is 11.6 Å². The molecule has 0 amide bonds. The predicted molar refractivity (Wildman–Crippen MR) is 65.7 cm³/mol. The Morgan fingerprint density at radius 2 is 1.79 bits per heavy atom. The van der Waals surface area contributed by atoms with Crippen molar-refractivity contribution in [2.45, 2.75) is 4.90 Å². The number of hydrogen-bond donors (Lipinski definition) is 2. The topological polar surface area (TPSA) is 106 Å². The van der Waals surface area contributed by atoms with Gasteiger partial charge in [0.05, 0.1) is 5.75 Å². The van der Waals surface area contributed by atoms with E-state index >= 15 is 0 Å². The number of sulfone groups is 1. The molecule has 0 radical (unpaired) electrons. The number of nitrogens with one attached hydrogen (secondary N) is 1. The molecule has 1 aromatic carbocycles. The number of anilines is 1. The monoisotopic (exact) mass is 314 g/mol. The van der Waals surface area contributed by atoms with E-state index in [9.17, 15) is 25.6 Å². The summed E-state index contributed by atoms with van der Waals surface area (Å²) in [6.45, 7) is -0.447. The maximum Gasteiger partial charge on any atom is 0.243 e. The van der Waals surface area contributed by atoms with Gasteiger partial charge in [-0.2, -0.15) is 0 Å². The summed E-state index contributed by atoms with van der Waals surface area (Å²) in [6, 6.07) is 1.39. The van der Waals surface area contributed by atoms with Gasteiger partial charge in [-0.15, -0.1) is 0 Å². The summed E-state index contributed by atoms with van der Waals surface area (Å²) in [7, 11) is -7.74. The molecule has 0 saturated carbocycles. The van der Waals surface area contributed by atoms with Gasteiger partial charge in [-0.1, -0.05) is 0 Å². The Bertz CT molecular complexity index is 686. The van der Waals surface area contributed by atoms with Crippen molar-refractivity contribution >= 4 is 25.5 Å². The fourth-order valence-corrected chi connectivity index (χ4v) is 2.97. The summed E-state index contributed by atoms with van der Waals surface area (Å²) in [6.07, 6.45) is 0.919. The van der Waals surface area contributed by atoms with E-state index in [0.29, 0.717) is 6.07 Å². The zero-order chi connectivity index (χ0) is 14.8. The van der Waals surface area contributed by atoms with Crippen LogP contribution in [0.25, 0.3) is 0 Å². The van der Waals surface area contributed by atoms with Crippen LogP contribution in [0.3, 0.4) is 0 Å². The maximum absolute atomic E-state index is 13.4. The number of rotatable bonds is 5. The molecule has 0 aliphatic carbocycles. The summed E-state index contributed by atoms with van der Waals surface area (Å²) in [4.78, 5) is -0.960. The number of halogens is 2. The lowest BCUT2D eigenvalue weighted by molar-refractivity contribution is 0.484. The summed E-state index contributed by atoms with van der Waals surface area (Å²) in [5, 5.41) is 0. The standard InChI is InChI=1S/C9H12F2N2O4S2/c1-18(14,15)3-2-13-19(16,17)8-5-6(12)4-7(10)9(8)11/h4-5,13H,2-3,12H2,1H3. The molecule has 1 aromatic rings. The van der Waals surface area contributed by atoms with Crippen molar-refractivity contribution in [3.8, 4) is 0 Å². The number of nitrogens with two attached hydrogens (primary N) is 1. The van der Waals surface area contributed by atoms with E-state index in [-0.39, 0.29) is 5.69 Å². The number of benzene rings is 1. The summed E-state index contributed by atoms with van der Waals surface area (Å²) >= 11 is 0. The van der Waals surface area contributed by atoms with Gasteiger partial charge in [0.2, 0.25) is 10.0 Å². The third kappa shape index (κ3) is 4.40. The first-order chi connectivity index (χ1) is 8.53. The molecular weight excluding hydrogens is 302 g/mol. The van der Waals surface area contributed by atoms with E-state index in [4.69, 9.17) is 5.73 Å². The molecule has 10 heteroatoms. The average molecular weight is 314 g/mol. The van der Waals surface area contributed by atoms with Crippen LogP contribution >= 0.6 is 0 Å². The van der Waals surface area contributed by atoms with Crippen LogP contribution < -0.4 is 10.5 Å². The van der Waals surface area contributed by atoms with Crippen molar-refractivity contribution < 1.29 is 25.6 Å². The largest absolute Gasteiger partial charge is 0.399 e. The van der Waals surface area contributed by atoms with Crippen LogP contribution in [0.1, 0.15) is 0 Å². The van der Waals surface area contributed by atoms with Crippen LogP contribution in [0.15, 0.2) is 17.0 Å². The van der Waals surface area contributed by atoms with Crippen molar-refractivity contribution in [2.75, 3.05) is 24.3 Å². The first-order valence-electron chi connectivity index (χ1n) is 4.95. The number of sulfonamides is 1. The SMILES string of the molecule is CS(=O)(=O)CCNS(=O)(=O)c1cc(N)cc(F)c1F. The van der Waals surface area contributed by atoms with E-state index in [1.807, 2.05) is 4.72 Å². The van der Waals surface area contributed by atoms with Crippen LogP contribution in [0.2, 0.25) is 0 Å². The van der Waals surface area contributed by atoms with Gasteiger partial charge in [-0.3, -0.25) is 0 Å². The summed E-state index contributed by atoms with van der Waals surface area (Å²) < 4.78 is 73.3. The summed E-state index contributed by atoms with van der Waals surface area (Å²) in [5.41, 5.74) is 4.97. The minimum atomic E-state index is -4.37. The van der Waals surface area contributed by atoms with E-state index in [2.05, 4.69) is 0 Å². The second kappa shape index (κ2) is 5.39. The highest BCUT2D eigenvalue weighted by Gasteiger charge is 2.22. The third-order valence-electron chi connectivity index (χ3n) is 2.07. The zero-order valence-corrected chi connectivity index (χ0v) is 11.5. The molecule has 0 spiro atoms. The minimum Gasteiger partial charge on any atom is -0.399 e. The van der Waals surface area contributed by atoms with Gasteiger partial charge >= 0.3 is 0 Å². The lowest BCUT2D eigenvalue weighted by Crippen LogP contribution is -2.29. The Morgan fingerprint density at radius 3 is 2.32 bits per heavy atom. The molecule has 0 aliphatic rings. The molecule has 0 bridgehead atoms. The number of nitrogen functional groups attached to an aromatic ring is 1. The first kappa shape index (κ1) is 15.8. The smallest absolute Gasteiger partial charge is 0.243 e. The molecule has 0 aliphatic heterocycles. The van der Waals surface area contributed by atoms with Crippen LogP contribution in [-0.2, 0) is 19.9 Å². The van der Waals surface area contributed by atoms with Gasteiger partial charge < -0.3 is 5.73 Å². The van der Waals surface area contributed by atoms with Crippen LogP contribution in [0.4, 0.5) is 14.5 Å². The molecule has 0 fully saturated rings. The lowest BCUT2D eigenvalue weighted by atomic mass is 10.3. The average Bonchev–Trinajstić information content (AvgIpc) is 2.20. The molecule has 0 aromatic heterocycles. The van der Waals surface area contributed by atoms with E-state index in [1.165, 1.54) is 0 Å². The van der Waals surface area contributed by atoms with E-state index in [0.717, 1.165) is 12.3 Å². The fraction of sp³-hybridized carbons (Fsp3) is 0.333. The van der Waals surface area contributed by atoms with Crippen molar-refractivity contribution in [2.24, 2.45) is 0 Å². The highest BCUT2D eigenvalue weighted by atomic mass is 32.2. The van der Waals surface area contributed by atoms with Crippen LogP contribution in [0, 0.1) is 11.6 Å². The molecule has 0 heterocycles. The minimum absolute atomic E-state index is 0.262. The first-order valence-corrected chi connectivity index (χ1v) is 8.49. The molecule has 0 saturated heterocycles. The van der Waals surface area contributed by atoms with E-state index in [1.54, 1.807) is 0 Å². The molecule has 0 atom stereocenters. The van der Waals surface area contributed by atoms with Crippen molar-refractivity contribution in [1.29, 1.82) is 0 Å². The van der Waals surface area contributed by atoms with Gasteiger partial charge in [-0.25, -0.2) is 30.3 Å². The highest BCUT2D eigenvalue weighted by molar-refractivity contribution is 7.91. The van der Waals surface area contributed by atoms with Gasteiger partial charge in [0.25, 0.3) is 0 Å². The van der Waals surface area contributed by atoms with Crippen molar-refractivity contribution in [1.82, 2.24) is 4.72 Å². The molecule has 6 nitrogen and oxygen atoms in total. The normalized spacial score (nSPS) is 12.6. The van der Waals surface area contributed by atoms with Gasteiger partial charge in [0, 0.05) is 18.5 Å². The van der Waals surface area contributed by atoms with Crippen LogP contribution in [0.5, 0.6) is 0 Å². The second-order valence-electron chi connectivity index (χ2n) is 3.84. The molecule has 1 rings (SSSR count). The van der Waals surface area contributed by atoms with E-state index < -0.39 is 48.7 Å². The number of hydrogen-bond acceptors (Lipinski definition) is 5. The van der Waals surface area contributed by atoms with Gasteiger partial charge in [-0.05, 0) is 12.1 Å². The molecule has 3 N–H and O–H groups in total. The van der Waals surface area contributed by atoms with Gasteiger partial charge in [0.1, 0.15) is 14.7 Å². The Labute approximate surface area is 109 Å². The van der Waals surface area contributed by atoms with Crippen molar-refractivity contribution in [3.63, 3.8) is 0 Å². The maximum atomic E-state index is 13.4. The molecular formula is C9H12F2N2O4S2. The Kier molecular flexibility index (Phi) is 4.48. The molecule has 19 heavy (non-hydrogen) atoms. The Morgan fingerprint density at radius 1 is 1.21 bits per heavy atom. The quantitative estimate of drug-likeness (QED) is 0.736. The third-order valence-corrected chi connectivity index (χ3v) is 4.48. The molecule has 0 unspecified atom stereocenters. The lowest BCUT2D eigenvalue weighted by Gasteiger charge is -2.08. The summed E-state index contributed by atoms with van der Waals surface area (Å²) in [5.74, 6) is -3.43.